The van der Waals surface area contributed by atoms with Crippen LogP contribution >= 0.6 is 0 Å². The van der Waals surface area contributed by atoms with Crippen LogP contribution in [-0.2, 0) is 68.5 Å². The summed E-state index contributed by atoms with van der Waals surface area (Å²) in [6.07, 6.45) is 6.76. The van der Waals surface area contributed by atoms with Crippen molar-refractivity contribution in [1.82, 2.24) is 59.4 Å². The average molecular weight is 1370 g/mol. The number of anilines is 1. The number of carboxylic acids is 1. The summed E-state index contributed by atoms with van der Waals surface area (Å²) in [4.78, 5) is 79.2. The van der Waals surface area contributed by atoms with Gasteiger partial charge in [0.1, 0.15) is 6.04 Å². The molecule has 29 nitrogen and oxygen atoms in total. The van der Waals surface area contributed by atoms with Crippen molar-refractivity contribution in [3.05, 3.63) is 103 Å². The predicted octanol–water partition coefficient (Wildman–Crippen LogP) is 0.165. The number of carbonyl (C=O) groups excluding carboxylic acids is 4. The van der Waals surface area contributed by atoms with Gasteiger partial charge in [0, 0.05) is 62.7 Å². The number of hydrogen-bond donors (Lipinski definition) is 7. The van der Waals surface area contributed by atoms with Gasteiger partial charge in [-0.15, -0.1) is 0 Å². The number of aromatic nitrogens is 4. The molecule has 3 unspecified atom stereocenters. The summed E-state index contributed by atoms with van der Waals surface area (Å²) in [7, 11) is -8.23. The second-order valence-electron chi connectivity index (χ2n) is 21.0. The van der Waals surface area contributed by atoms with E-state index in [1.54, 1.807) is 48.9 Å². The van der Waals surface area contributed by atoms with Gasteiger partial charge in [-0.2, -0.15) is 9.82 Å². The van der Waals surface area contributed by atoms with E-state index in [4.69, 9.17) is 22.8 Å². The van der Waals surface area contributed by atoms with Crippen LogP contribution in [-0.4, -0.2) is 264 Å². The molecule has 0 aliphatic carbocycles. The first-order valence-corrected chi connectivity index (χ1v) is 36.0. The topological polar surface area (TPSA) is 349 Å². The molecule has 476 valence electrons. The van der Waals surface area contributed by atoms with Crippen LogP contribution in [0.2, 0.25) is 0 Å². The van der Waals surface area contributed by atoms with Gasteiger partial charge in [-0.25, -0.2) is 26.5 Å². The summed E-state index contributed by atoms with van der Waals surface area (Å²) >= 11 is -3.97. The van der Waals surface area contributed by atoms with Gasteiger partial charge in [-0.1, -0.05) is 24.3 Å². The van der Waals surface area contributed by atoms with Crippen LogP contribution in [0.15, 0.2) is 107 Å². The van der Waals surface area contributed by atoms with Crippen molar-refractivity contribution >= 4 is 89.4 Å². The fourth-order valence-corrected chi connectivity index (χ4v) is 14.9. The van der Waals surface area contributed by atoms with Crippen molar-refractivity contribution in [3.63, 3.8) is 0 Å². The Morgan fingerprint density at radius 1 is 0.693 bits per heavy atom. The third-order valence-electron chi connectivity index (χ3n) is 14.4. The first kappa shape index (κ1) is 67.4. The fraction of sp³-hybridized carbons (Fsp3) is 0.482. The molecule has 0 saturated carbocycles. The third kappa shape index (κ3) is 21.6. The Balaban J connectivity index is 0.657. The first-order valence-electron chi connectivity index (χ1n) is 29.0. The number of H-pyrrole nitrogens is 1. The van der Waals surface area contributed by atoms with Crippen LogP contribution in [0.1, 0.15) is 29.6 Å². The van der Waals surface area contributed by atoms with Gasteiger partial charge in [0.15, 0.2) is 5.95 Å². The standard InChI is InChI=1S/C56H79N13O16S2.In/c1-42(70)38-65-21-25-67(40-52(72)73)27-23-66(24-28-68(26-22-65)41-53(74)75)39-51(71)57-16-3-29-83-31-33-85-34-32-84-30-4-17-63-86(79,80)47-10-5-43(6-11-47)44-7-12-48(13-8-44)87(81,82)64-49(55(77)78)37-61-54(76)45-9-14-50-46(35-45)36-62-69(50)20-2-15-58-56-59-18-19-60-56;/h5-14,18-19,35-36,49,63-64,70H,1-4,15-17,20-34,37-41H2,(H,57,71)(H,61,76)(H,72,73)(H,74,75)(H,77,78)(H2,58,59,60);/q;+3/p-3. The van der Waals surface area contributed by atoms with Gasteiger partial charge in [0.2, 0.25) is 20.0 Å². The Kier molecular flexibility index (Phi) is 25.9. The Morgan fingerprint density at radius 2 is 1.27 bits per heavy atom. The van der Waals surface area contributed by atoms with Crippen LogP contribution in [0.3, 0.4) is 0 Å². The monoisotopic (exact) mass is 1370 g/mol. The van der Waals surface area contributed by atoms with Gasteiger partial charge in [-0.05, 0) is 66.4 Å². The minimum absolute atomic E-state index is 0.0151. The van der Waals surface area contributed by atoms with Gasteiger partial charge in [0.25, 0.3) is 5.91 Å². The molecule has 3 aromatic carbocycles. The molecule has 3 aliphatic rings. The molecule has 7 N–H and O–H groups in total. The molecule has 32 heteroatoms. The van der Waals surface area contributed by atoms with Gasteiger partial charge in [-0.3, -0.25) is 14.3 Å². The quantitative estimate of drug-likeness (QED) is 0.0291. The number of amides is 2. The molecule has 0 spiro atoms. The molecule has 3 aliphatic heterocycles. The molecular weight excluding hydrogens is 1290 g/mol. The van der Waals surface area contributed by atoms with Crippen molar-refractivity contribution in [1.29, 1.82) is 0 Å². The van der Waals surface area contributed by atoms with Crippen molar-refractivity contribution in [2.75, 3.05) is 150 Å². The molecular formula is C56H76InN13O16S2. The maximum atomic E-state index is 13.3. The van der Waals surface area contributed by atoms with E-state index in [-0.39, 0.29) is 54.0 Å². The van der Waals surface area contributed by atoms with E-state index in [1.165, 1.54) is 36.4 Å². The number of nitrogens with one attached hydrogen (secondary N) is 6. The molecule has 3 saturated heterocycles. The number of hydrogen-bond acceptors (Lipinski definition) is 22. The molecule has 0 radical (unpaired) electrons. The Hall–Kier alpha value is -6.56. The van der Waals surface area contributed by atoms with Crippen molar-refractivity contribution < 1.29 is 68.7 Å². The van der Waals surface area contributed by atoms with Crippen LogP contribution in [0.5, 0.6) is 0 Å². The number of imidazole rings is 1. The summed E-state index contributed by atoms with van der Waals surface area (Å²) in [5.74, 6) is -2.15. The number of carboxylic acid groups (broad SMARTS) is 1. The van der Waals surface area contributed by atoms with Crippen molar-refractivity contribution in [3.8, 4) is 11.1 Å². The summed E-state index contributed by atoms with van der Waals surface area (Å²) < 4.78 is 93.1. The van der Waals surface area contributed by atoms with Crippen molar-refractivity contribution in [2.24, 2.45) is 0 Å². The van der Waals surface area contributed by atoms with Crippen LogP contribution in [0, 0.1) is 0 Å². The Bertz CT molecular complexity index is 3310. The SMILES string of the molecule is C=C1CN2CCN3CCN(CC(=O)NCCCOCCOCCOCCCNS(=O)(=O)c4ccc(-c5ccc(S(=O)(=O)NC(CNC(=O)c6ccc7c(cnn7CCCNc7ncc[nH]7)c6)C(=O)O)cc5)cc4)CCN(CC2)CC(=O)[O][In]([O]1)[O]C(=O)C3. The second kappa shape index (κ2) is 33.9. The average Bonchev–Trinajstić information content (AvgIpc) is 1.97. The number of ether oxygens (including phenoxy) is 3. The van der Waals surface area contributed by atoms with Crippen LogP contribution < -0.4 is 25.4 Å². The van der Waals surface area contributed by atoms with E-state index < -0.39 is 79.2 Å². The summed E-state index contributed by atoms with van der Waals surface area (Å²) in [5, 5.41) is 23.6. The summed E-state index contributed by atoms with van der Waals surface area (Å²) in [5.41, 5.74) is 2.21. The number of carbonyl (C=O) groups is 5. The normalized spacial score (nSPS) is 18.4. The summed E-state index contributed by atoms with van der Waals surface area (Å²) in [6, 6.07) is 14.9. The number of sulfonamides is 2. The number of nitrogens with zero attached hydrogens (tertiary/aromatic N) is 7. The molecule has 5 heterocycles. The van der Waals surface area contributed by atoms with E-state index in [2.05, 4.69) is 51.9 Å². The second-order valence-corrected chi connectivity index (χ2v) is 28.1. The van der Waals surface area contributed by atoms with Gasteiger partial charge in [0.05, 0.1) is 47.9 Å². The number of aryl methyl sites for hydroxylation is 1. The van der Waals surface area contributed by atoms with E-state index in [0.29, 0.717) is 153 Å². The molecule has 2 amide bonds. The Morgan fingerprint density at radius 3 is 1.88 bits per heavy atom. The first-order chi connectivity index (χ1) is 42.5. The van der Waals surface area contributed by atoms with Gasteiger partial charge >= 0.3 is 198 Å². The number of fused-ring (bicyclic) bond motifs is 8. The van der Waals surface area contributed by atoms with E-state index in [9.17, 15) is 45.9 Å². The van der Waals surface area contributed by atoms with E-state index >= 15 is 0 Å². The minimum atomic E-state index is -4.37. The Labute approximate surface area is 520 Å². The molecule has 3 atom stereocenters. The zero-order chi connectivity index (χ0) is 62.3. The van der Waals surface area contributed by atoms with Crippen LogP contribution in [0.25, 0.3) is 22.0 Å². The van der Waals surface area contributed by atoms with E-state index in [0.717, 1.165) is 11.9 Å². The van der Waals surface area contributed by atoms with Gasteiger partial charge < -0.3 is 34.9 Å². The van der Waals surface area contributed by atoms with Crippen LogP contribution in [0.4, 0.5) is 5.95 Å². The fourth-order valence-electron chi connectivity index (χ4n) is 9.62. The summed E-state index contributed by atoms with van der Waals surface area (Å²) in [6.45, 7) is 12.5. The molecule has 8 rings (SSSR count). The molecule has 88 heavy (non-hydrogen) atoms. The maximum absolute atomic E-state index is 13.3. The predicted molar refractivity (Wildman–Crippen MR) is 321 cm³/mol. The molecule has 2 aromatic heterocycles. The number of benzene rings is 3. The van der Waals surface area contributed by atoms with Crippen molar-refractivity contribution in [2.45, 2.75) is 41.6 Å². The molecule has 5 aromatic rings. The third-order valence-corrected chi connectivity index (χ3v) is 21.4. The molecule has 3 fully saturated rings. The number of rotatable bonds is 31. The zero-order valence-electron chi connectivity index (χ0n) is 48.8. The molecule has 4 bridgehead atoms. The zero-order valence-corrected chi connectivity index (χ0v) is 53.8. The van der Waals surface area contributed by atoms with E-state index in [1.807, 2.05) is 19.4 Å². The number of aromatic amines is 1. The number of aliphatic carboxylic acids is 1.